The smallest absolute Gasteiger partial charge is 0.254 e. The fourth-order valence-corrected chi connectivity index (χ4v) is 7.81. The molecule has 1 aliphatic heterocycles. The zero-order chi connectivity index (χ0) is 18.5. The predicted molar refractivity (Wildman–Crippen MR) is 103 cm³/mol. The van der Waals surface area contributed by atoms with E-state index >= 15 is 0 Å². The van der Waals surface area contributed by atoms with Crippen molar-refractivity contribution in [3.05, 3.63) is 0 Å². The largest absolute Gasteiger partial charge is 0.411 e. The molecule has 1 rings (SSSR count). The minimum Gasteiger partial charge on any atom is -0.411 e. The van der Waals surface area contributed by atoms with Crippen LogP contribution in [-0.4, -0.2) is 59.7 Å². The number of nitrogens with two attached hydrogens (primary N) is 2. The Balaban J connectivity index is 0.000000640. The molecule has 146 valence electrons. The van der Waals surface area contributed by atoms with Gasteiger partial charge in [0.1, 0.15) is 0 Å². The van der Waals surface area contributed by atoms with E-state index in [0.29, 0.717) is 32.2 Å². The fourth-order valence-electron chi connectivity index (χ4n) is 3.51. The third-order valence-corrected chi connectivity index (χ3v) is 8.99. The molecule has 2 atom stereocenters. The molecule has 2 unspecified atom stereocenters. The van der Waals surface area contributed by atoms with Crippen LogP contribution in [0.4, 0.5) is 0 Å². The van der Waals surface area contributed by atoms with Gasteiger partial charge in [0, 0.05) is 51.9 Å². The van der Waals surface area contributed by atoms with Crippen LogP contribution in [0.1, 0.15) is 40.5 Å². The second kappa shape index (κ2) is 13.2. The molecule has 7 heteroatoms. The van der Waals surface area contributed by atoms with E-state index in [4.69, 9.17) is 25.4 Å². The average molecular weight is 364 g/mol. The van der Waals surface area contributed by atoms with Crippen molar-refractivity contribution in [1.29, 1.82) is 0 Å². The Bertz CT molecular complexity index is 297. The minimum absolute atomic E-state index is 0.430. The van der Waals surface area contributed by atoms with E-state index in [1.54, 1.807) is 0 Å². The number of ether oxygens (including phenoxy) is 2. The Morgan fingerprint density at radius 2 is 1.58 bits per heavy atom. The Hall–Kier alpha value is -0.0231. The summed E-state index contributed by atoms with van der Waals surface area (Å²) < 4.78 is 18.4. The summed E-state index contributed by atoms with van der Waals surface area (Å²) >= 11 is 0. The minimum atomic E-state index is -1.97. The summed E-state index contributed by atoms with van der Waals surface area (Å²) in [5, 5.41) is 3.03. The van der Waals surface area contributed by atoms with Gasteiger partial charge in [0.2, 0.25) is 0 Å². The van der Waals surface area contributed by atoms with E-state index in [2.05, 4.69) is 25.7 Å². The first-order valence-corrected chi connectivity index (χ1v) is 12.1. The van der Waals surface area contributed by atoms with Crippen LogP contribution in [0.5, 0.6) is 0 Å². The van der Waals surface area contributed by atoms with E-state index < -0.39 is 13.7 Å². The molecule has 0 bridgehead atoms. The highest BCUT2D eigenvalue weighted by Gasteiger charge is 2.59. The molecule has 1 aliphatic rings. The highest BCUT2D eigenvalue weighted by atomic mass is 28.4. The lowest BCUT2D eigenvalue weighted by atomic mass is 10.0. The molecule has 6 nitrogen and oxygen atoms in total. The number of hydrogen-bond acceptors (Lipinski definition) is 6. The van der Waals surface area contributed by atoms with Crippen LogP contribution in [0.25, 0.3) is 0 Å². The van der Waals surface area contributed by atoms with Crippen molar-refractivity contribution in [1.82, 2.24) is 5.32 Å². The predicted octanol–water partition coefficient (Wildman–Crippen LogP) is 1.83. The van der Waals surface area contributed by atoms with Gasteiger partial charge in [-0.15, -0.1) is 0 Å². The lowest BCUT2D eigenvalue weighted by Crippen LogP contribution is -2.67. The third-order valence-electron chi connectivity index (χ3n) is 4.50. The molecule has 0 amide bonds. The average Bonchev–Trinajstić information content (AvgIpc) is 2.54. The summed E-state index contributed by atoms with van der Waals surface area (Å²) in [6.07, 6.45) is 2.42. The van der Waals surface area contributed by atoms with Gasteiger partial charge in [0.05, 0.1) is 0 Å². The molecule has 1 saturated heterocycles. The molecule has 0 aromatic rings. The van der Waals surface area contributed by atoms with Crippen molar-refractivity contribution in [3.8, 4) is 0 Å². The Morgan fingerprint density at radius 3 is 2.00 bits per heavy atom. The van der Waals surface area contributed by atoms with E-state index in [0.717, 1.165) is 25.7 Å². The van der Waals surface area contributed by atoms with Gasteiger partial charge in [-0.3, -0.25) is 0 Å². The Morgan fingerprint density at radius 1 is 1.04 bits per heavy atom. The van der Waals surface area contributed by atoms with Crippen LogP contribution in [-0.2, 0) is 13.9 Å². The normalized spacial score (nSPS) is 25.9. The maximum atomic E-state index is 6.15. The number of nitrogens with one attached hydrogen (secondary N) is 1. The topological polar surface area (TPSA) is 91.8 Å². The zero-order valence-electron chi connectivity index (χ0n) is 16.5. The van der Waals surface area contributed by atoms with Crippen molar-refractivity contribution >= 4 is 8.32 Å². The van der Waals surface area contributed by atoms with Crippen molar-refractivity contribution in [2.45, 2.75) is 58.5 Å². The van der Waals surface area contributed by atoms with Crippen molar-refractivity contribution in [3.63, 3.8) is 0 Å². The lowest BCUT2D eigenvalue weighted by Gasteiger charge is -2.51. The number of hydrogen-bond donors (Lipinski definition) is 3. The van der Waals surface area contributed by atoms with E-state index in [1.165, 1.54) is 12.8 Å². The Labute approximate surface area is 150 Å². The molecule has 0 spiro atoms. The van der Waals surface area contributed by atoms with Gasteiger partial charge in [-0.1, -0.05) is 13.3 Å². The third kappa shape index (κ3) is 6.71. The summed E-state index contributed by atoms with van der Waals surface area (Å²) in [6, 6.07) is 1.14. The molecule has 0 radical (unpaired) electrons. The highest BCUT2D eigenvalue weighted by molar-refractivity contribution is 6.75. The molecule has 5 N–H and O–H groups in total. The standard InChI is InChI=1S/C13H28O3Si.C4H13N3/c1-6-14-13(15-7-2)12(4)10-9-11-17(13,5)16-8-3;5-1-3-7-4-2-6/h12H,6-11H2,1-5H3;7H,1-6H2. The van der Waals surface area contributed by atoms with Crippen LogP contribution in [0, 0.1) is 5.92 Å². The van der Waals surface area contributed by atoms with Crippen molar-refractivity contribution in [2.24, 2.45) is 17.4 Å². The second-order valence-electron chi connectivity index (χ2n) is 6.32. The van der Waals surface area contributed by atoms with Gasteiger partial charge >= 0.3 is 0 Å². The summed E-state index contributed by atoms with van der Waals surface area (Å²) in [6.45, 7) is 16.0. The summed E-state index contributed by atoms with van der Waals surface area (Å²) in [5.41, 5.74) is 9.89. The van der Waals surface area contributed by atoms with Gasteiger partial charge in [-0.05, 0) is 39.8 Å². The van der Waals surface area contributed by atoms with Gasteiger partial charge in [0.25, 0.3) is 8.32 Å². The molecule has 1 fully saturated rings. The molecule has 0 saturated carbocycles. The molecule has 24 heavy (non-hydrogen) atoms. The van der Waals surface area contributed by atoms with Gasteiger partial charge < -0.3 is 30.7 Å². The van der Waals surface area contributed by atoms with Crippen LogP contribution >= 0.6 is 0 Å². The summed E-state index contributed by atoms with van der Waals surface area (Å²) in [7, 11) is -1.97. The summed E-state index contributed by atoms with van der Waals surface area (Å²) in [4.78, 5) is 0. The van der Waals surface area contributed by atoms with Gasteiger partial charge in [0.15, 0.2) is 5.41 Å². The molecule has 0 aromatic heterocycles. The van der Waals surface area contributed by atoms with Crippen LogP contribution in [0.3, 0.4) is 0 Å². The number of rotatable bonds is 10. The van der Waals surface area contributed by atoms with Crippen molar-refractivity contribution in [2.75, 3.05) is 46.0 Å². The Kier molecular flexibility index (Phi) is 13.2. The van der Waals surface area contributed by atoms with Gasteiger partial charge in [-0.2, -0.15) is 0 Å². The first-order valence-electron chi connectivity index (χ1n) is 9.50. The van der Waals surface area contributed by atoms with Gasteiger partial charge in [-0.25, -0.2) is 0 Å². The highest BCUT2D eigenvalue weighted by Crippen LogP contribution is 2.44. The molecule has 0 aromatic carbocycles. The quantitative estimate of drug-likeness (QED) is 0.312. The van der Waals surface area contributed by atoms with Crippen LogP contribution in [0.2, 0.25) is 12.6 Å². The lowest BCUT2D eigenvalue weighted by molar-refractivity contribution is -0.223. The van der Waals surface area contributed by atoms with Crippen molar-refractivity contribution < 1.29 is 13.9 Å². The molecular formula is C17H41N3O3Si. The second-order valence-corrected chi connectivity index (χ2v) is 10.3. The first-order chi connectivity index (χ1) is 11.5. The maximum absolute atomic E-state index is 6.15. The van der Waals surface area contributed by atoms with Crippen LogP contribution < -0.4 is 16.8 Å². The van der Waals surface area contributed by atoms with E-state index in [9.17, 15) is 0 Å². The van der Waals surface area contributed by atoms with Crippen LogP contribution in [0.15, 0.2) is 0 Å². The van der Waals surface area contributed by atoms with E-state index in [-0.39, 0.29) is 0 Å². The molecule has 0 aliphatic carbocycles. The molecule has 1 heterocycles. The maximum Gasteiger partial charge on any atom is 0.254 e. The first kappa shape index (κ1) is 24.0. The summed E-state index contributed by atoms with van der Waals surface area (Å²) in [5.74, 6) is 0.430. The molecular weight excluding hydrogens is 322 g/mol. The van der Waals surface area contributed by atoms with E-state index in [1.807, 2.05) is 13.8 Å². The SMILES string of the molecule is CCOC1(OCC)C(C)CCC[Si]1(C)OCC.NCCNCCN. The fraction of sp³-hybridized carbons (Fsp3) is 1.00. The monoisotopic (exact) mass is 363 g/mol. The zero-order valence-corrected chi connectivity index (χ0v) is 17.5.